The number of aliphatic hydroxyl groups excluding tert-OH is 1. The van der Waals surface area contributed by atoms with E-state index in [1.807, 2.05) is 36.2 Å². The van der Waals surface area contributed by atoms with Crippen LogP contribution in [-0.2, 0) is 11.3 Å². The molecule has 23 heavy (non-hydrogen) atoms. The van der Waals surface area contributed by atoms with Gasteiger partial charge >= 0.3 is 0 Å². The fourth-order valence-electron chi connectivity index (χ4n) is 2.22. The normalized spacial score (nSPS) is 12.2. The molecule has 0 saturated heterocycles. The summed E-state index contributed by atoms with van der Waals surface area (Å²) in [6, 6.07) is 10.9. The molecule has 1 aromatic heterocycles. The quantitative estimate of drug-likeness (QED) is 0.780. The van der Waals surface area contributed by atoms with Crippen LogP contribution in [-0.4, -0.2) is 42.2 Å². The van der Waals surface area contributed by atoms with Gasteiger partial charge < -0.3 is 19.6 Å². The van der Waals surface area contributed by atoms with Crippen molar-refractivity contribution in [3.8, 4) is 5.75 Å². The number of hydrogen-bond donors (Lipinski definition) is 2. The van der Waals surface area contributed by atoms with Crippen LogP contribution in [0.3, 0.4) is 0 Å². The van der Waals surface area contributed by atoms with Gasteiger partial charge in [-0.25, -0.2) is 0 Å². The number of para-hydroxylation sites is 2. The van der Waals surface area contributed by atoms with Crippen LogP contribution < -0.4 is 10.1 Å². The van der Waals surface area contributed by atoms with Crippen LogP contribution in [0.2, 0.25) is 0 Å². The lowest BCUT2D eigenvalue weighted by atomic mass is 10.3. The maximum atomic E-state index is 11.2. The Morgan fingerprint density at radius 3 is 2.83 bits per heavy atom. The molecule has 6 heteroatoms. The van der Waals surface area contributed by atoms with Crippen molar-refractivity contribution in [2.75, 3.05) is 25.5 Å². The molecule has 0 radical (unpaired) electrons. The number of carbonyl (C=O) groups is 1. The number of benzene rings is 1. The third-order valence-electron chi connectivity index (χ3n) is 3.16. The second-order valence-electron chi connectivity index (χ2n) is 5.42. The van der Waals surface area contributed by atoms with Gasteiger partial charge in [0.1, 0.15) is 24.2 Å². The Kier molecular flexibility index (Phi) is 6.19. The highest BCUT2D eigenvalue weighted by atomic mass is 16.5. The predicted molar refractivity (Wildman–Crippen MR) is 87.3 cm³/mol. The minimum Gasteiger partial charge on any atom is -0.489 e. The minimum atomic E-state index is -0.652. The first kappa shape index (κ1) is 17.1. The van der Waals surface area contributed by atoms with Crippen LogP contribution >= 0.6 is 0 Å². The second kappa shape index (κ2) is 8.36. The van der Waals surface area contributed by atoms with Gasteiger partial charge in [0.05, 0.1) is 18.5 Å². The smallest absolute Gasteiger partial charge is 0.221 e. The Balaban J connectivity index is 1.82. The molecule has 0 fully saturated rings. The number of likely N-dealkylation sites (N-methyl/N-ethyl adjacent to an activating group) is 1. The summed E-state index contributed by atoms with van der Waals surface area (Å²) < 4.78 is 10.9. The van der Waals surface area contributed by atoms with Gasteiger partial charge in [-0.3, -0.25) is 9.69 Å². The molecule has 2 aromatic rings. The molecule has 0 aliphatic rings. The summed E-state index contributed by atoms with van der Waals surface area (Å²) in [6.45, 7) is 2.64. The molecule has 1 amide bonds. The first-order chi connectivity index (χ1) is 11.0. The molecule has 0 aliphatic carbocycles. The fourth-order valence-corrected chi connectivity index (χ4v) is 2.22. The zero-order chi connectivity index (χ0) is 16.7. The summed E-state index contributed by atoms with van der Waals surface area (Å²) in [5.41, 5.74) is 0.594. The van der Waals surface area contributed by atoms with Crippen LogP contribution in [0.15, 0.2) is 47.1 Å². The molecule has 0 spiro atoms. The number of nitrogens with zero attached hydrogens (tertiary/aromatic N) is 1. The maximum absolute atomic E-state index is 11.2. The lowest BCUT2D eigenvalue weighted by molar-refractivity contribution is -0.114. The standard InChI is InChI=1S/C17H22N2O4/c1-13(20)18-16-7-3-4-8-17(16)23-12-14(21)10-19(2)11-15-6-5-9-22-15/h3-9,14,21H,10-12H2,1-2H3,(H,18,20). The lowest BCUT2D eigenvalue weighted by Gasteiger charge is -2.20. The predicted octanol–water partition coefficient (Wildman–Crippen LogP) is 2.11. The first-order valence-corrected chi connectivity index (χ1v) is 7.43. The van der Waals surface area contributed by atoms with Gasteiger partial charge in [-0.1, -0.05) is 12.1 Å². The minimum absolute atomic E-state index is 0.138. The van der Waals surface area contributed by atoms with Crippen molar-refractivity contribution in [2.45, 2.75) is 19.6 Å². The lowest BCUT2D eigenvalue weighted by Crippen LogP contribution is -2.32. The molecule has 1 atom stereocenters. The topological polar surface area (TPSA) is 74.9 Å². The number of ether oxygens (including phenoxy) is 1. The van der Waals surface area contributed by atoms with Gasteiger partial charge in [0.2, 0.25) is 5.91 Å². The molecule has 1 aromatic carbocycles. The van der Waals surface area contributed by atoms with E-state index in [2.05, 4.69) is 5.32 Å². The van der Waals surface area contributed by atoms with E-state index in [0.29, 0.717) is 24.5 Å². The molecular formula is C17H22N2O4. The molecule has 1 unspecified atom stereocenters. The van der Waals surface area contributed by atoms with Gasteiger partial charge in [0.25, 0.3) is 0 Å². The molecule has 124 valence electrons. The number of hydrogen-bond acceptors (Lipinski definition) is 5. The second-order valence-corrected chi connectivity index (χ2v) is 5.42. The van der Waals surface area contributed by atoms with E-state index < -0.39 is 6.10 Å². The van der Waals surface area contributed by atoms with Crippen LogP contribution in [0, 0.1) is 0 Å². The molecule has 6 nitrogen and oxygen atoms in total. The highest BCUT2D eigenvalue weighted by molar-refractivity contribution is 5.90. The third kappa shape index (κ3) is 5.77. The van der Waals surface area contributed by atoms with E-state index in [9.17, 15) is 9.90 Å². The van der Waals surface area contributed by atoms with Crippen molar-refractivity contribution < 1.29 is 19.1 Å². The zero-order valence-electron chi connectivity index (χ0n) is 13.4. The summed E-state index contributed by atoms with van der Waals surface area (Å²) in [6.07, 6.45) is 0.974. The zero-order valence-corrected chi connectivity index (χ0v) is 13.4. The van der Waals surface area contributed by atoms with Gasteiger partial charge in [-0.15, -0.1) is 0 Å². The monoisotopic (exact) mass is 318 g/mol. The average Bonchev–Trinajstić information content (AvgIpc) is 2.98. The third-order valence-corrected chi connectivity index (χ3v) is 3.16. The van der Waals surface area contributed by atoms with Gasteiger partial charge in [-0.2, -0.15) is 0 Å². The van der Waals surface area contributed by atoms with Crippen LogP contribution in [0.5, 0.6) is 5.75 Å². The molecule has 0 aliphatic heterocycles. The molecule has 0 bridgehead atoms. The van der Waals surface area contributed by atoms with E-state index >= 15 is 0 Å². The summed E-state index contributed by atoms with van der Waals surface area (Å²) in [4.78, 5) is 13.1. The van der Waals surface area contributed by atoms with Gasteiger partial charge in [-0.05, 0) is 31.3 Å². The summed E-state index contributed by atoms with van der Waals surface area (Å²) in [5, 5.41) is 12.8. The summed E-state index contributed by atoms with van der Waals surface area (Å²) in [5.74, 6) is 1.21. The highest BCUT2D eigenvalue weighted by Gasteiger charge is 2.12. The van der Waals surface area contributed by atoms with Crippen molar-refractivity contribution in [2.24, 2.45) is 0 Å². The molecule has 1 heterocycles. The van der Waals surface area contributed by atoms with E-state index in [4.69, 9.17) is 9.15 Å². The Morgan fingerprint density at radius 2 is 2.13 bits per heavy atom. The number of amides is 1. The summed E-state index contributed by atoms with van der Waals surface area (Å²) >= 11 is 0. The molecule has 2 rings (SSSR count). The number of rotatable bonds is 8. The highest BCUT2D eigenvalue weighted by Crippen LogP contribution is 2.23. The summed E-state index contributed by atoms with van der Waals surface area (Å²) in [7, 11) is 1.90. The van der Waals surface area contributed by atoms with E-state index in [-0.39, 0.29) is 12.5 Å². The van der Waals surface area contributed by atoms with E-state index in [1.165, 1.54) is 6.92 Å². The van der Waals surface area contributed by atoms with E-state index in [1.54, 1.807) is 18.4 Å². The fraction of sp³-hybridized carbons (Fsp3) is 0.353. The number of anilines is 1. The number of aliphatic hydroxyl groups is 1. The average molecular weight is 318 g/mol. The number of nitrogens with one attached hydrogen (secondary N) is 1. The van der Waals surface area contributed by atoms with Gasteiger partial charge in [0, 0.05) is 13.5 Å². The Bertz CT molecular complexity index is 613. The first-order valence-electron chi connectivity index (χ1n) is 7.43. The van der Waals surface area contributed by atoms with Crippen molar-refractivity contribution in [1.29, 1.82) is 0 Å². The Labute approximate surface area is 135 Å². The van der Waals surface area contributed by atoms with Crippen molar-refractivity contribution in [1.82, 2.24) is 4.90 Å². The molecule has 2 N–H and O–H groups in total. The molecule has 0 saturated carbocycles. The van der Waals surface area contributed by atoms with Crippen LogP contribution in [0.25, 0.3) is 0 Å². The SMILES string of the molecule is CC(=O)Nc1ccccc1OCC(O)CN(C)Cc1ccco1. The Morgan fingerprint density at radius 1 is 1.35 bits per heavy atom. The van der Waals surface area contributed by atoms with E-state index in [0.717, 1.165) is 5.76 Å². The van der Waals surface area contributed by atoms with Gasteiger partial charge in [0.15, 0.2) is 0 Å². The van der Waals surface area contributed by atoms with Crippen molar-refractivity contribution >= 4 is 11.6 Å². The van der Waals surface area contributed by atoms with Crippen molar-refractivity contribution in [3.05, 3.63) is 48.4 Å². The van der Waals surface area contributed by atoms with Crippen LogP contribution in [0.4, 0.5) is 5.69 Å². The Hall–Kier alpha value is -2.31. The maximum Gasteiger partial charge on any atom is 0.221 e. The number of furan rings is 1. The largest absolute Gasteiger partial charge is 0.489 e. The number of carbonyl (C=O) groups excluding carboxylic acids is 1. The molecular weight excluding hydrogens is 296 g/mol. The van der Waals surface area contributed by atoms with Crippen LogP contribution in [0.1, 0.15) is 12.7 Å². The van der Waals surface area contributed by atoms with Crippen molar-refractivity contribution in [3.63, 3.8) is 0 Å².